The zero-order chi connectivity index (χ0) is 14.7. The summed E-state index contributed by atoms with van der Waals surface area (Å²) >= 11 is 0. The van der Waals surface area contributed by atoms with E-state index in [4.69, 9.17) is 4.74 Å². The van der Waals surface area contributed by atoms with Crippen LogP contribution in [0, 0.1) is 5.92 Å². The topological polar surface area (TPSA) is 47.4 Å². The van der Waals surface area contributed by atoms with Crippen LogP contribution in [0.1, 0.15) is 5.56 Å². The van der Waals surface area contributed by atoms with Crippen molar-refractivity contribution < 1.29 is 9.53 Å². The van der Waals surface area contributed by atoms with Crippen LogP contribution in [0.4, 0.5) is 0 Å². The maximum absolute atomic E-state index is 12.5. The summed E-state index contributed by atoms with van der Waals surface area (Å²) < 4.78 is 7.52. The Kier molecular flexibility index (Phi) is 3.90. The average Bonchev–Trinajstić information content (AvgIpc) is 3.05. The first-order chi connectivity index (χ1) is 10.2. The highest BCUT2D eigenvalue weighted by molar-refractivity contribution is 5.79. The van der Waals surface area contributed by atoms with Gasteiger partial charge in [-0.3, -0.25) is 9.48 Å². The van der Waals surface area contributed by atoms with Crippen LogP contribution in [0.3, 0.4) is 0 Å². The van der Waals surface area contributed by atoms with Crippen molar-refractivity contribution in [3.63, 3.8) is 0 Å². The van der Waals surface area contributed by atoms with E-state index >= 15 is 0 Å². The molecule has 1 aliphatic rings. The highest BCUT2D eigenvalue weighted by Gasteiger charge is 2.27. The van der Waals surface area contributed by atoms with Gasteiger partial charge < -0.3 is 9.64 Å². The van der Waals surface area contributed by atoms with E-state index in [1.54, 1.807) is 11.1 Å². The van der Waals surface area contributed by atoms with E-state index in [9.17, 15) is 4.79 Å². The number of nitrogens with zero attached hydrogens (tertiary/aromatic N) is 3. The molecule has 3 rings (SSSR count). The summed E-state index contributed by atoms with van der Waals surface area (Å²) in [6.07, 6.45) is 4.40. The zero-order valence-electron chi connectivity index (χ0n) is 12.1. The summed E-state index contributed by atoms with van der Waals surface area (Å²) in [5.41, 5.74) is 1.11. The predicted molar refractivity (Wildman–Crippen MR) is 79.0 cm³/mol. The van der Waals surface area contributed by atoms with Crippen molar-refractivity contribution in [2.24, 2.45) is 5.92 Å². The van der Waals surface area contributed by atoms with Crippen LogP contribution >= 0.6 is 0 Å². The van der Waals surface area contributed by atoms with E-state index in [-0.39, 0.29) is 11.8 Å². The average molecular weight is 285 g/mol. The normalized spacial score (nSPS) is 16.9. The zero-order valence-corrected chi connectivity index (χ0v) is 12.1. The fourth-order valence-electron chi connectivity index (χ4n) is 2.59. The lowest BCUT2D eigenvalue weighted by Crippen LogP contribution is -2.40. The SMILES string of the molecule is CN(CCn1cccn1)C(=O)C1COc2ccccc2C1. The summed E-state index contributed by atoms with van der Waals surface area (Å²) in [6.45, 7) is 1.82. The number of carbonyl (C=O) groups excluding carboxylic acids is 1. The Hall–Kier alpha value is -2.30. The molecule has 1 aromatic heterocycles. The number of para-hydroxylation sites is 1. The Morgan fingerprint density at radius 1 is 1.43 bits per heavy atom. The third kappa shape index (κ3) is 3.07. The van der Waals surface area contributed by atoms with Crippen molar-refractivity contribution in [1.29, 1.82) is 0 Å². The quantitative estimate of drug-likeness (QED) is 0.857. The second-order valence-electron chi connectivity index (χ2n) is 5.35. The molecule has 0 radical (unpaired) electrons. The smallest absolute Gasteiger partial charge is 0.229 e. The Labute approximate surface area is 124 Å². The Morgan fingerprint density at radius 2 is 2.29 bits per heavy atom. The molecule has 2 aromatic rings. The third-order valence-electron chi connectivity index (χ3n) is 3.83. The van der Waals surface area contributed by atoms with Crippen LogP contribution in [-0.4, -0.2) is 40.8 Å². The summed E-state index contributed by atoms with van der Waals surface area (Å²) in [7, 11) is 1.84. The van der Waals surface area contributed by atoms with E-state index < -0.39 is 0 Å². The summed E-state index contributed by atoms with van der Waals surface area (Å²) in [4.78, 5) is 14.3. The molecule has 1 aromatic carbocycles. The van der Waals surface area contributed by atoms with Gasteiger partial charge in [-0.15, -0.1) is 0 Å². The number of carbonyl (C=O) groups is 1. The van der Waals surface area contributed by atoms with Gasteiger partial charge in [0.15, 0.2) is 0 Å². The molecule has 5 nitrogen and oxygen atoms in total. The molecule has 2 heterocycles. The van der Waals surface area contributed by atoms with Crippen LogP contribution in [-0.2, 0) is 17.8 Å². The molecule has 0 N–H and O–H groups in total. The van der Waals surface area contributed by atoms with Gasteiger partial charge in [0.05, 0.1) is 12.5 Å². The molecule has 1 aliphatic heterocycles. The lowest BCUT2D eigenvalue weighted by atomic mass is 9.95. The Morgan fingerprint density at radius 3 is 3.10 bits per heavy atom. The monoisotopic (exact) mass is 285 g/mol. The van der Waals surface area contributed by atoms with E-state index in [1.165, 1.54) is 0 Å². The van der Waals surface area contributed by atoms with Crippen LogP contribution in [0.25, 0.3) is 0 Å². The largest absolute Gasteiger partial charge is 0.492 e. The van der Waals surface area contributed by atoms with Crippen molar-refractivity contribution in [3.8, 4) is 5.75 Å². The maximum atomic E-state index is 12.5. The number of amides is 1. The molecule has 5 heteroatoms. The van der Waals surface area contributed by atoms with Gasteiger partial charge in [-0.25, -0.2) is 0 Å². The lowest BCUT2D eigenvalue weighted by molar-refractivity contribution is -0.135. The highest BCUT2D eigenvalue weighted by Crippen LogP contribution is 2.27. The number of likely N-dealkylation sites (N-methyl/N-ethyl adjacent to an activating group) is 1. The van der Waals surface area contributed by atoms with Crippen molar-refractivity contribution >= 4 is 5.91 Å². The molecule has 1 amide bonds. The minimum atomic E-state index is -0.0949. The standard InChI is InChI=1S/C16H19N3O2/c1-18(9-10-19-8-4-7-17-19)16(20)14-11-13-5-2-3-6-15(13)21-12-14/h2-8,14H,9-12H2,1H3. The van der Waals surface area contributed by atoms with E-state index in [1.807, 2.05) is 48.3 Å². The number of fused-ring (bicyclic) bond motifs is 1. The summed E-state index contributed by atoms with van der Waals surface area (Å²) in [5, 5.41) is 4.14. The third-order valence-corrected chi connectivity index (χ3v) is 3.83. The molecule has 1 unspecified atom stereocenters. The number of rotatable bonds is 4. The molecular formula is C16H19N3O2. The van der Waals surface area contributed by atoms with Gasteiger partial charge in [-0.2, -0.15) is 5.10 Å². The molecule has 0 spiro atoms. The lowest BCUT2D eigenvalue weighted by Gasteiger charge is -2.28. The molecule has 0 saturated carbocycles. The maximum Gasteiger partial charge on any atom is 0.229 e. The number of hydrogen-bond acceptors (Lipinski definition) is 3. The van der Waals surface area contributed by atoms with E-state index in [0.29, 0.717) is 19.7 Å². The number of benzene rings is 1. The fraction of sp³-hybridized carbons (Fsp3) is 0.375. The van der Waals surface area contributed by atoms with Crippen molar-refractivity contribution in [1.82, 2.24) is 14.7 Å². The molecule has 0 aliphatic carbocycles. The summed E-state index contributed by atoms with van der Waals surface area (Å²) in [5.74, 6) is 0.944. The van der Waals surface area contributed by atoms with E-state index in [0.717, 1.165) is 17.7 Å². The van der Waals surface area contributed by atoms with Crippen molar-refractivity contribution in [2.45, 2.75) is 13.0 Å². The van der Waals surface area contributed by atoms with Crippen LogP contribution in [0.5, 0.6) is 5.75 Å². The molecule has 21 heavy (non-hydrogen) atoms. The molecule has 0 saturated heterocycles. The van der Waals surface area contributed by atoms with Gasteiger partial charge >= 0.3 is 0 Å². The predicted octanol–water partition coefficient (Wildman–Crippen LogP) is 1.59. The molecule has 0 bridgehead atoms. The van der Waals surface area contributed by atoms with Crippen LogP contribution in [0.15, 0.2) is 42.7 Å². The minimum absolute atomic E-state index is 0.0949. The number of aromatic nitrogens is 2. The fourth-order valence-corrected chi connectivity index (χ4v) is 2.59. The first kappa shape index (κ1) is 13.7. The van der Waals surface area contributed by atoms with Gasteiger partial charge in [0, 0.05) is 26.0 Å². The minimum Gasteiger partial charge on any atom is -0.492 e. The first-order valence-corrected chi connectivity index (χ1v) is 7.17. The van der Waals surface area contributed by atoms with Gasteiger partial charge in [0.1, 0.15) is 12.4 Å². The second kappa shape index (κ2) is 5.99. The van der Waals surface area contributed by atoms with Crippen molar-refractivity contribution in [2.75, 3.05) is 20.2 Å². The highest BCUT2D eigenvalue weighted by atomic mass is 16.5. The summed E-state index contributed by atoms with van der Waals surface area (Å²) in [6, 6.07) is 9.80. The Bertz CT molecular complexity index is 610. The Balaban J connectivity index is 1.58. The molecule has 0 fully saturated rings. The van der Waals surface area contributed by atoms with Crippen LogP contribution in [0.2, 0.25) is 0 Å². The molecule has 1 atom stereocenters. The van der Waals surface area contributed by atoms with Gasteiger partial charge in [-0.05, 0) is 24.1 Å². The van der Waals surface area contributed by atoms with Gasteiger partial charge in [-0.1, -0.05) is 18.2 Å². The van der Waals surface area contributed by atoms with Crippen LogP contribution < -0.4 is 4.74 Å². The number of ether oxygens (including phenoxy) is 1. The van der Waals surface area contributed by atoms with Crippen molar-refractivity contribution in [3.05, 3.63) is 48.3 Å². The van der Waals surface area contributed by atoms with E-state index in [2.05, 4.69) is 5.10 Å². The number of hydrogen-bond donors (Lipinski definition) is 0. The molecular weight excluding hydrogens is 266 g/mol. The second-order valence-corrected chi connectivity index (χ2v) is 5.35. The first-order valence-electron chi connectivity index (χ1n) is 7.17. The van der Waals surface area contributed by atoms with Gasteiger partial charge in [0.2, 0.25) is 5.91 Å². The van der Waals surface area contributed by atoms with Gasteiger partial charge in [0.25, 0.3) is 0 Å². The molecule has 110 valence electrons.